The Labute approximate surface area is 291 Å². The van der Waals surface area contributed by atoms with Gasteiger partial charge in [-0.2, -0.15) is 0 Å². The van der Waals surface area contributed by atoms with Crippen molar-refractivity contribution >= 4 is 18.1 Å². The molecule has 48 heavy (non-hydrogen) atoms. The summed E-state index contributed by atoms with van der Waals surface area (Å²) in [6.07, 6.45) is 0. The van der Waals surface area contributed by atoms with Crippen LogP contribution >= 0.6 is 18.1 Å². The summed E-state index contributed by atoms with van der Waals surface area (Å²) >= 11 is 0. The van der Waals surface area contributed by atoms with Gasteiger partial charge in [0.25, 0.3) is 18.1 Å². The zero-order chi connectivity index (χ0) is 35.1. The number of rotatable bonds is 15. The Kier molecular flexibility index (Phi) is 13.1. The topological polar surface area (TPSA) is 55.4 Å². The standard InChI is InChI=1S/C40H52O6P2/c1-23(2)33-21-35(25(5)6)39(45-47-43-31-17-13-29(41-11)14-18-31)37(27(33)9)38-28(10)34(24(3)4)22-36(26(7)8)40(38)46-48-44-32-19-15-30(42-12)16-20-32/h13-26,47-48H,1-12H3. The molecule has 0 N–H and O–H groups in total. The Morgan fingerprint density at radius 3 is 0.979 bits per heavy atom. The van der Waals surface area contributed by atoms with Crippen LogP contribution in [0.2, 0.25) is 0 Å². The quantitative estimate of drug-likeness (QED) is 0.116. The fourth-order valence-electron chi connectivity index (χ4n) is 5.99. The van der Waals surface area contributed by atoms with Gasteiger partial charge < -0.3 is 27.6 Å². The Bertz CT molecular complexity index is 1540. The summed E-state index contributed by atoms with van der Waals surface area (Å²) in [6, 6.07) is 19.8. The molecule has 4 aromatic rings. The average molecular weight is 691 g/mol. The summed E-state index contributed by atoms with van der Waals surface area (Å²) in [5, 5.41) is 0. The molecular formula is C40H52O6P2. The van der Waals surface area contributed by atoms with Crippen molar-refractivity contribution in [2.24, 2.45) is 0 Å². The van der Waals surface area contributed by atoms with Gasteiger partial charge in [-0.3, -0.25) is 0 Å². The number of hydrogen-bond donors (Lipinski definition) is 0. The largest absolute Gasteiger partial charge is 0.497 e. The van der Waals surface area contributed by atoms with Gasteiger partial charge in [0, 0.05) is 11.1 Å². The Balaban J connectivity index is 1.91. The average Bonchev–Trinajstić information content (AvgIpc) is 3.05. The van der Waals surface area contributed by atoms with Crippen molar-refractivity contribution < 1.29 is 27.6 Å². The third kappa shape index (κ3) is 8.57. The van der Waals surface area contributed by atoms with Crippen LogP contribution < -0.4 is 27.6 Å². The lowest BCUT2D eigenvalue weighted by Crippen LogP contribution is -2.08. The van der Waals surface area contributed by atoms with E-state index in [-0.39, 0.29) is 29.9 Å². The molecule has 4 aromatic carbocycles. The predicted octanol–water partition coefficient (Wildman–Crippen LogP) is 12.4. The van der Waals surface area contributed by atoms with Crippen molar-refractivity contribution in [3.8, 4) is 45.6 Å². The minimum atomic E-state index is -0.253. The molecule has 8 heteroatoms. The van der Waals surface area contributed by atoms with Gasteiger partial charge in [0.15, 0.2) is 0 Å². The molecule has 2 unspecified atom stereocenters. The molecule has 2 atom stereocenters. The molecule has 0 aromatic heterocycles. The van der Waals surface area contributed by atoms with Crippen LogP contribution in [0.5, 0.6) is 34.5 Å². The van der Waals surface area contributed by atoms with Crippen LogP contribution in [-0.2, 0) is 0 Å². The second kappa shape index (κ2) is 16.8. The van der Waals surface area contributed by atoms with E-state index < -0.39 is 0 Å². The SMILES string of the molecule is COc1ccc(OPOc2c(C(C)C)cc(C(C)C)c(C)c2-c2c(C)c(C(C)C)cc(C(C)C)c2OPOc2ccc(OC)cc2)cc1. The Hall–Kier alpha value is -3.46. The maximum Gasteiger partial charge on any atom is 0.275 e. The van der Waals surface area contributed by atoms with Crippen LogP contribution in [0.3, 0.4) is 0 Å². The number of benzene rings is 4. The van der Waals surface area contributed by atoms with E-state index >= 15 is 0 Å². The van der Waals surface area contributed by atoms with Gasteiger partial charge in [0.2, 0.25) is 0 Å². The molecule has 0 saturated heterocycles. The lowest BCUT2D eigenvalue weighted by Gasteiger charge is -2.29. The monoisotopic (exact) mass is 690 g/mol. The zero-order valence-corrected chi connectivity index (χ0v) is 32.5. The predicted molar refractivity (Wildman–Crippen MR) is 203 cm³/mol. The number of methoxy groups -OCH3 is 2. The van der Waals surface area contributed by atoms with Gasteiger partial charge in [-0.25, -0.2) is 0 Å². The smallest absolute Gasteiger partial charge is 0.275 e. The van der Waals surface area contributed by atoms with E-state index in [1.807, 2.05) is 48.5 Å². The second-order valence-electron chi connectivity index (χ2n) is 13.3. The highest BCUT2D eigenvalue weighted by atomic mass is 31.1. The fourth-order valence-corrected chi connectivity index (χ4v) is 7.14. The van der Waals surface area contributed by atoms with E-state index in [2.05, 4.69) is 81.4 Å². The molecule has 0 bridgehead atoms. The van der Waals surface area contributed by atoms with Gasteiger partial charge >= 0.3 is 0 Å². The van der Waals surface area contributed by atoms with Crippen LogP contribution in [0.4, 0.5) is 0 Å². The normalized spacial score (nSPS) is 11.9. The molecule has 0 fully saturated rings. The fraction of sp³-hybridized carbons (Fsp3) is 0.400. The van der Waals surface area contributed by atoms with Crippen molar-refractivity contribution in [2.75, 3.05) is 14.2 Å². The van der Waals surface area contributed by atoms with Crippen LogP contribution in [0.15, 0.2) is 60.7 Å². The van der Waals surface area contributed by atoms with Gasteiger partial charge in [-0.05, 0) is 119 Å². The molecule has 4 rings (SSSR count). The van der Waals surface area contributed by atoms with Crippen molar-refractivity contribution in [3.63, 3.8) is 0 Å². The van der Waals surface area contributed by atoms with E-state index in [0.717, 1.165) is 56.8 Å². The minimum absolute atomic E-state index is 0.213. The molecule has 0 aliphatic rings. The molecule has 0 saturated carbocycles. The van der Waals surface area contributed by atoms with Crippen molar-refractivity contribution in [1.82, 2.24) is 0 Å². The van der Waals surface area contributed by atoms with E-state index in [1.165, 1.54) is 22.3 Å². The molecule has 258 valence electrons. The van der Waals surface area contributed by atoms with Gasteiger partial charge in [-0.15, -0.1) is 0 Å². The van der Waals surface area contributed by atoms with E-state index in [4.69, 9.17) is 27.6 Å². The maximum absolute atomic E-state index is 6.74. The summed E-state index contributed by atoms with van der Waals surface area (Å²) in [7, 11) is 2.81. The van der Waals surface area contributed by atoms with Crippen molar-refractivity contribution in [2.45, 2.75) is 92.9 Å². The lowest BCUT2D eigenvalue weighted by atomic mass is 9.80. The number of hydrogen-bond acceptors (Lipinski definition) is 6. The molecule has 0 aliphatic carbocycles. The van der Waals surface area contributed by atoms with Gasteiger partial charge in [-0.1, -0.05) is 67.5 Å². The summed E-state index contributed by atoms with van der Waals surface area (Å²) in [5.41, 5.74) is 9.36. The van der Waals surface area contributed by atoms with E-state index in [1.54, 1.807) is 14.2 Å². The molecule has 0 heterocycles. The van der Waals surface area contributed by atoms with Crippen LogP contribution in [0.25, 0.3) is 11.1 Å². The first-order valence-electron chi connectivity index (χ1n) is 16.7. The third-order valence-corrected chi connectivity index (χ3v) is 9.89. The summed E-state index contributed by atoms with van der Waals surface area (Å²) in [5.74, 6) is 5.73. The molecule has 6 nitrogen and oxygen atoms in total. The zero-order valence-electron chi connectivity index (χ0n) is 30.5. The van der Waals surface area contributed by atoms with E-state index in [0.29, 0.717) is 11.8 Å². The maximum atomic E-state index is 6.74. The van der Waals surface area contributed by atoms with E-state index in [9.17, 15) is 0 Å². The molecule has 0 radical (unpaired) electrons. The molecular weight excluding hydrogens is 638 g/mol. The number of ether oxygens (including phenoxy) is 2. The van der Waals surface area contributed by atoms with Crippen molar-refractivity contribution in [1.29, 1.82) is 0 Å². The van der Waals surface area contributed by atoms with Crippen LogP contribution in [-0.4, -0.2) is 14.2 Å². The summed E-state index contributed by atoms with van der Waals surface area (Å²) in [6.45, 7) is 22.3. The second-order valence-corrected chi connectivity index (χ2v) is 14.5. The van der Waals surface area contributed by atoms with Gasteiger partial charge in [0.1, 0.15) is 34.5 Å². The van der Waals surface area contributed by atoms with Gasteiger partial charge in [0.05, 0.1) is 14.2 Å². The highest BCUT2D eigenvalue weighted by Gasteiger charge is 2.29. The molecule has 0 amide bonds. The minimum Gasteiger partial charge on any atom is -0.497 e. The Morgan fingerprint density at radius 2 is 0.708 bits per heavy atom. The summed E-state index contributed by atoms with van der Waals surface area (Å²) in [4.78, 5) is 0. The Morgan fingerprint density at radius 1 is 0.417 bits per heavy atom. The molecule has 0 aliphatic heterocycles. The summed E-state index contributed by atoms with van der Waals surface area (Å²) < 4.78 is 36.4. The van der Waals surface area contributed by atoms with Crippen LogP contribution in [0, 0.1) is 13.8 Å². The third-order valence-electron chi connectivity index (χ3n) is 8.68. The molecule has 0 spiro atoms. The highest BCUT2D eigenvalue weighted by molar-refractivity contribution is 7.27. The lowest BCUT2D eigenvalue weighted by molar-refractivity contribution is 0.414. The van der Waals surface area contributed by atoms with Crippen molar-refractivity contribution in [3.05, 3.63) is 94.0 Å². The van der Waals surface area contributed by atoms with Crippen LogP contribution in [0.1, 0.15) is 112 Å². The first-order valence-corrected chi connectivity index (χ1v) is 18.3. The first-order chi connectivity index (χ1) is 22.9. The highest BCUT2D eigenvalue weighted by Crippen LogP contribution is 2.52. The first kappa shape index (κ1) is 37.4.